The van der Waals surface area contributed by atoms with Crippen molar-refractivity contribution in [1.29, 1.82) is 0 Å². The van der Waals surface area contributed by atoms with Gasteiger partial charge in [0.2, 0.25) is 5.91 Å². The zero-order chi connectivity index (χ0) is 14.1. The van der Waals surface area contributed by atoms with E-state index in [1.165, 1.54) is 5.56 Å². The number of carbonyl (C=O) groups excluding carboxylic acids is 1. The van der Waals surface area contributed by atoms with Gasteiger partial charge in [0.15, 0.2) is 0 Å². The third-order valence-corrected chi connectivity index (χ3v) is 3.36. The molecule has 1 N–H and O–H groups in total. The molecule has 0 aliphatic heterocycles. The highest BCUT2D eigenvalue weighted by Crippen LogP contribution is 2.00. The summed E-state index contributed by atoms with van der Waals surface area (Å²) in [6, 6.07) is 4.46. The summed E-state index contributed by atoms with van der Waals surface area (Å²) < 4.78 is 0. The zero-order valence-corrected chi connectivity index (χ0v) is 12.2. The van der Waals surface area contributed by atoms with Crippen molar-refractivity contribution in [3.05, 3.63) is 30.1 Å². The number of amides is 1. The second-order valence-corrected chi connectivity index (χ2v) is 4.93. The van der Waals surface area contributed by atoms with Crippen molar-refractivity contribution in [2.24, 2.45) is 0 Å². The number of nitrogens with zero attached hydrogens (tertiary/aromatic N) is 2. The molecule has 0 saturated carbocycles. The number of carbonyl (C=O) groups is 1. The summed E-state index contributed by atoms with van der Waals surface area (Å²) in [6.45, 7) is 5.79. The highest BCUT2D eigenvalue weighted by Gasteiger charge is 2.08. The molecule has 1 aromatic rings. The van der Waals surface area contributed by atoms with E-state index in [1.54, 1.807) is 17.3 Å². The maximum absolute atomic E-state index is 11.9. The highest BCUT2D eigenvalue weighted by molar-refractivity contribution is 5.76. The first-order valence-corrected chi connectivity index (χ1v) is 6.99. The van der Waals surface area contributed by atoms with Crippen LogP contribution in [0, 0.1) is 0 Å². The summed E-state index contributed by atoms with van der Waals surface area (Å²) in [5.41, 5.74) is 1.22. The molecule has 0 saturated heterocycles. The Bertz CT molecular complexity index is 367. The van der Waals surface area contributed by atoms with Gasteiger partial charge in [-0.25, -0.2) is 0 Å². The van der Waals surface area contributed by atoms with Crippen LogP contribution in [-0.4, -0.2) is 42.0 Å². The molecular formula is C15H25N3O. The van der Waals surface area contributed by atoms with E-state index in [0.29, 0.717) is 12.5 Å². The van der Waals surface area contributed by atoms with Crippen molar-refractivity contribution in [3.8, 4) is 0 Å². The van der Waals surface area contributed by atoms with E-state index in [-0.39, 0.29) is 5.91 Å². The van der Waals surface area contributed by atoms with Gasteiger partial charge in [-0.3, -0.25) is 9.78 Å². The fourth-order valence-corrected chi connectivity index (χ4v) is 1.73. The lowest BCUT2D eigenvalue weighted by Gasteiger charge is -2.18. The number of hydrogen-bond donors (Lipinski definition) is 1. The van der Waals surface area contributed by atoms with E-state index in [9.17, 15) is 4.79 Å². The van der Waals surface area contributed by atoms with Gasteiger partial charge >= 0.3 is 0 Å². The Hall–Kier alpha value is -1.42. The monoisotopic (exact) mass is 263 g/mol. The van der Waals surface area contributed by atoms with Crippen LogP contribution >= 0.6 is 0 Å². The van der Waals surface area contributed by atoms with Gasteiger partial charge in [0.25, 0.3) is 0 Å². The molecule has 1 amide bonds. The second-order valence-electron chi connectivity index (χ2n) is 4.93. The SMILES string of the molecule is CCC(C)NCCC(=O)N(C)CCc1ccncc1. The average Bonchev–Trinajstić information content (AvgIpc) is 2.45. The van der Waals surface area contributed by atoms with Crippen LogP contribution in [0.1, 0.15) is 32.3 Å². The first kappa shape index (κ1) is 15.6. The predicted octanol–water partition coefficient (Wildman–Crippen LogP) is 1.86. The molecule has 4 heteroatoms. The molecular weight excluding hydrogens is 238 g/mol. The number of pyridine rings is 1. The smallest absolute Gasteiger partial charge is 0.223 e. The molecule has 0 aromatic carbocycles. The van der Waals surface area contributed by atoms with Crippen molar-refractivity contribution in [3.63, 3.8) is 0 Å². The van der Waals surface area contributed by atoms with Gasteiger partial charge in [-0.1, -0.05) is 6.92 Å². The molecule has 0 spiro atoms. The van der Waals surface area contributed by atoms with Gasteiger partial charge < -0.3 is 10.2 Å². The van der Waals surface area contributed by atoms with Gasteiger partial charge in [-0.15, -0.1) is 0 Å². The summed E-state index contributed by atoms with van der Waals surface area (Å²) in [7, 11) is 1.87. The molecule has 0 bridgehead atoms. The fraction of sp³-hybridized carbons (Fsp3) is 0.600. The first-order chi connectivity index (χ1) is 9.13. The maximum atomic E-state index is 11.9. The Balaban J connectivity index is 2.21. The average molecular weight is 263 g/mol. The van der Waals surface area contributed by atoms with E-state index in [1.807, 2.05) is 19.2 Å². The minimum Gasteiger partial charge on any atom is -0.345 e. The molecule has 1 aromatic heterocycles. The van der Waals surface area contributed by atoms with Crippen LogP contribution in [0.2, 0.25) is 0 Å². The Kier molecular flexibility index (Phi) is 7.11. The fourth-order valence-electron chi connectivity index (χ4n) is 1.73. The van der Waals surface area contributed by atoms with Crippen LogP contribution in [-0.2, 0) is 11.2 Å². The Morgan fingerprint density at radius 2 is 2.11 bits per heavy atom. The van der Waals surface area contributed by atoms with Crippen LogP contribution in [0.3, 0.4) is 0 Å². The molecule has 1 atom stereocenters. The largest absolute Gasteiger partial charge is 0.345 e. The number of rotatable bonds is 8. The summed E-state index contributed by atoms with van der Waals surface area (Å²) in [5.74, 6) is 0.199. The van der Waals surface area contributed by atoms with Crippen LogP contribution in [0.25, 0.3) is 0 Å². The van der Waals surface area contributed by atoms with Crippen LogP contribution in [0.15, 0.2) is 24.5 Å². The molecule has 0 fully saturated rings. The first-order valence-electron chi connectivity index (χ1n) is 6.99. The van der Waals surface area contributed by atoms with Crippen molar-refractivity contribution >= 4 is 5.91 Å². The Morgan fingerprint density at radius 1 is 1.42 bits per heavy atom. The minimum atomic E-state index is 0.199. The third kappa shape index (κ3) is 6.34. The number of nitrogens with one attached hydrogen (secondary N) is 1. The topological polar surface area (TPSA) is 45.2 Å². The van der Waals surface area contributed by atoms with Crippen LogP contribution in [0.4, 0.5) is 0 Å². The summed E-state index contributed by atoms with van der Waals surface area (Å²) >= 11 is 0. The molecule has 4 nitrogen and oxygen atoms in total. The molecule has 0 aliphatic rings. The molecule has 1 rings (SSSR count). The van der Waals surface area contributed by atoms with E-state index < -0.39 is 0 Å². The summed E-state index contributed by atoms with van der Waals surface area (Å²) in [6.07, 6.45) is 6.10. The molecule has 0 radical (unpaired) electrons. The van der Waals surface area contributed by atoms with Gasteiger partial charge in [0.1, 0.15) is 0 Å². The van der Waals surface area contributed by atoms with E-state index >= 15 is 0 Å². The van der Waals surface area contributed by atoms with Gasteiger partial charge in [-0.05, 0) is 37.5 Å². The van der Waals surface area contributed by atoms with Crippen molar-refractivity contribution < 1.29 is 4.79 Å². The van der Waals surface area contributed by atoms with E-state index in [2.05, 4.69) is 24.1 Å². The predicted molar refractivity (Wildman–Crippen MR) is 78.0 cm³/mol. The van der Waals surface area contributed by atoms with Gasteiger partial charge in [0, 0.05) is 45.0 Å². The lowest BCUT2D eigenvalue weighted by atomic mass is 10.2. The number of likely N-dealkylation sites (N-methyl/N-ethyl adjacent to an activating group) is 1. The van der Waals surface area contributed by atoms with Crippen LogP contribution in [0.5, 0.6) is 0 Å². The summed E-state index contributed by atoms with van der Waals surface area (Å²) in [5, 5.41) is 3.34. The van der Waals surface area contributed by atoms with Crippen molar-refractivity contribution in [1.82, 2.24) is 15.2 Å². The lowest BCUT2D eigenvalue weighted by Crippen LogP contribution is -2.33. The van der Waals surface area contributed by atoms with Crippen LogP contribution < -0.4 is 5.32 Å². The highest BCUT2D eigenvalue weighted by atomic mass is 16.2. The van der Waals surface area contributed by atoms with E-state index in [0.717, 1.165) is 25.9 Å². The molecule has 0 aliphatic carbocycles. The lowest BCUT2D eigenvalue weighted by molar-refractivity contribution is -0.129. The Morgan fingerprint density at radius 3 is 2.74 bits per heavy atom. The van der Waals surface area contributed by atoms with Crippen molar-refractivity contribution in [2.45, 2.75) is 39.2 Å². The standard InChI is InChI=1S/C15H25N3O/c1-4-13(2)17-11-7-15(19)18(3)12-8-14-5-9-16-10-6-14/h5-6,9-10,13,17H,4,7-8,11-12H2,1-3H3. The number of aromatic nitrogens is 1. The number of hydrogen-bond acceptors (Lipinski definition) is 3. The quantitative estimate of drug-likeness (QED) is 0.778. The third-order valence-electron chi connectivity index (χ3n) is 3.36. The zero-order valence-electron chi connectivity index (χ0n) is 12.2. The molecule has 19 heavy (non-hydrogen) atoms. The normalized spacial score (nSPS) is 12.2. The molecule has 1 unspecified atom stereocenters. The Labute approximate surface area is 116 Å². The molecule has 106 valence electrons. The molecule has 1 heterocycles. The second kappa shape index (κ2) is 8.64. The minimum absolute atomic E-state index is 0.199. The van der Waals surface area contributed by atoms with Gasteiger partial charge in [0.05, 0.1) is 0 Å². The van der Waals surface area contributed by atoms with Gasteiger partial charge in [-0.2, -0.15) is 0 Å². The van der Waals surface area contributed by atoms with Crippen molar-refractivity contribution in [2.75, 3.05) is 20.1 Å². The van der Waals surface area contributed by atoms with E-state index in [4.69, 9.17) is 0 Å². The maximum Gasteiger partial charge on any atom is 0.223 e. The summed E-state index contributed by atoms with van der Waals surface area (Å²) in [4.78, 5) is 17.7.